The van der Waals surface area contributed by atoms with Crippen LogP contribution >= 0.6 is 33.5 Å². The lowest BCUT2D eigenvalue weighted by atomic mass is 10.1. The minimum atomic E-state index is -2.78. The molecule has 1 aromatic carbocycles. The van der Waals surface area contributed by atoms with E-state index in [4.69, 9.17) is 21.3 Å². The lowest BCUT2D eigenvalue weighted by molar-refractivity contribution is -0.136. The molecule has 3 aliphatic rings. The van der Waals surface area contributed by atoms with Gasteiger partial charge in [0.15, 0.2) is 12.4 Å². The number of rotatable bonds is 5. The van der Waals surface area contributed by atoms with Gasteiger partial charge in [-0.2, -0.15) is 10.6 Å². The summed E-state index contributed by atoms with van der Waals surface area (Å²) >= 11 is 7.54. The predicted molar refractivity (Wildman–Crippen MR) is 134 cm³/mol. The van der Waals surface area contributed by atoms with Crippen LogP contribution in [0.25, 0.3) is 10.7 Å². The molecule has 0 bridgehead atoms. The monoisotopic (exact) mass is 518 g/mol. The molecule has 6 rings (SSSR count). The van der Waals surface area contributed by atoms with Crippen molar-refractivity contribution in [3.8, 4) is 16.5 Å². The van der Waals surface area contributed by atoms with Crippen LogP contribution in [0.15, 0.2) is 30.3 Å². The van der Waals surface area contributed by atoms with E-state index in [0.717, 1.165) is 47.6 Å². The second-order valence-electron chi connectivity index (χ2n) is 8.71. The van der Waals surface area contributed by atoms with E-state index in [1.54, 1.807) is 4.90 Å². The van der Waals surface area contributed by atoms with E-state index in [1.807, 2.05) is 30.3 Å². The molecule has 0 aliphatic carbocycles. The number of carbonyl (C=O) groups is 1. The predicted octanol–water partition coefficient (Wildman–Crippen LogP) is 4.93. The molecule has 1 saturated heterocycles. The number of fused-ring (bicyclic) bond motifs is 2. The van der Waals surface area contributed by atoms with E-state index < -0.39 is 10.6 Å². The fourth-order valence-electron chi connectivity index (χ4n) is 4.52. The Balaban J connectivity index is 1.35. The number of nitrogens with zero attached hydrogens (tertiary/aromatic N) is 4. The zero-order valence-electron chi connectivity index (χ0n) is 18.2. The van der Waals surface area contributed by atoms with Crippen LogP contribution in [0.2, 0.25) is 4.34 Å². The Morgan fingerprint density at radius 3 is 2.74 bits per heavy atom. The number of hydrogen-bond acceptors (Lipinski definition) is 8. The van der Waals surface area contributed by atoms with E-state index in [2.05, 4.69) is 9.88 Å². The van der Waals surface area contributed by atoms with Crippen LogP contribution in [-0.2, 0) is 22.7 Å². The summed E-state index contributed by atoms with van der Waals surface area (Å²) in [5.74, 6) is 2.13. The normalized spacial score (nSPS) is 18.9. The Kier molecular flexibility index (Phi) is 5.45. The Bertz CT molecular complexity index is 1290. The molecule has 0 radical (unpaired) electrons. The number of ether oxygens (including phenoxy) is 1. The third-order valence-corrected chi connectivity index (χ3v) is 9.10. The molecule has 11 heteroatoms. The lowest BCUT2D eigenvalue weighted by Crippen LogP contribution is -2.44. The van der Waals surface area contributed by atoms with Crippen LogP contribution < -0.4 is 9.64 Å². The molecule has 2 aromatic heterocycles. The summed E-state index contributed by atoms with van der Waals surface area (Å²) in [4.78, 5) is 26.5. The lowest BCUT2D eigenvalue weighted by Gasteiger charge is -2.30. The second kappa shape index (κ2) is 8.39. The molecule has 1 fully saturated rings. The summed E-state index contributed by atoms with van der Waals surface area (Å²) in [5.41, 5.74) is 3.55. The average Bonchev–Trinajstić information content (AvgIpc) is 3.45. The number of likely N-dealkylation sites (tertiary alicyclic amines) is 1. The summed E-state index contributed by atoms with van der Waals surface area (Å²) in [6.07, 6.45) is 1.88. The minimum absolute atomic E-state index is 0.00156. The standard InChI is InChI=1S/C23H23ClN4O4S2/c24-20-5-4-19(33-20)22-25-17-13-34(30,31)12-16(17)23(26-22)28-9-6-14-2-3-15(10-18(14)28)32-11-21(29)27-7-1-8-27/h2-5,10,30-31H,1,6-9,11-13H2. The third kappa shape index (κ3) is 4.03. The number of carbonyl (C=O) groups excluding carboxylic acids is 1. The van der Waals surface area contributed by atoms with Crippen molar-refractivity contribution in [2.45, 2.75) is 24.3 Å². The highest BCUT2D eigenvalue weighted by molar-refractivity contribution is 8.23. The molecule has 2 N–H and O–H groups in total. The molecular weight excluding hydrogens is 496 g/mol. The molecule has 0 unspecified atom stereocenters. The van der Waals surface area contributed by atoms with Gasteiger partial charge in [0.2, 0.25) is 0 Å². The van der Waals surface area contributed by atoms with Crippen LogP contribution in [-0.4, -0.2) is 56.1 Å². The van der Waals surface area contributed by atoms with Gasteiger partial charge in [-0.05, 0) is 36.6 Å². The number of amides is 1. The zero-order chi connectivity index (χ0) is 23.4. The van der Waals surface area contributed by atoms with Crippen LogP contribution in [0.3, 0.4) is 0 Å². The van der Waals surface area contributed by atoms with E-state index in [-0.39, 0.29) is 24.0 Å². The second-order valence-corrected chi connectivity index (χ2v) is 12.6. The highest BCUT2D eigenvalue weighted by atomic mass is 35.5. The van der Waals surface area contributed by atoms with Gasteiger partial charge in [0.1, 0.15) is 11.6 Å². The summed E-state index contributed by atoms with van der Waals surface area (Å²) in [6.45, 7) is 2.33. The van der Waals surface area contributed by atoms with Crippen molar-refractivity contribution in [2.75, 3.05) is 31.1 Å². The number of thiophene rings is 1. The van der Waals surface area contributed by atoms with Crippen molar-refractivity contribution in [2.24, 2.45) is 0 Å². The number of anilines is 2. The summed E-state index contributed by atoms with van der Waals surface area (Å²) in [5, 5.41) is 0. The number of aromatic nitrogens is 2. The Morgan fingerprint density at radius 2 is 2.00 bits per heavy atom. The first-order valence-corrected chi connectivity index (χ1v) is 14.1. The van der Waals surface area contributed by atoms with Crippen LogP contribution in [0.1, 0.15) is 23.2 Å². The number of halogens is 1. The average molecular weight is 519 g/mol. The minimum Gasteiger partial charge on any atom is -0.484 e. The number of hydrogen-bond donors (Lipinski definition) is 2. The molecule has 34 heavy (non-hydrogen) atoms. The van der Waals surface area contributed by atoms with Gasteiger partial charge in [-0.3, -0.25) is 13.9 Å². The van der Waals surface area contributed by atoms with Gasteiger partial charge in [0.05, 0.1) is 26.4 Å². The molecule has 0 spiro atoms. The first kappa shape index (κ1) is 22.1. The maximum Gasteiger partial charge on any atom is 0.260 e. The molecule has 0 atom stereocenters. The Hall–Kier alpha value is -2.37. The van der Waals surface area contributed by atoms with Crippen molar-refractivity contribution >= 4 is 50.9 Å². The van der Waals surface area contributed by atoms with E-state index in [0.29, 0.717) is 34.0 Å². The smallest absolute Gasteiger partial charge is 0.260 e. The maximum absolute atomic E-state index is 12.2. The molecule has 3 aromatic rings. The largest absolute Gasteiger partial charge is 0.484 e. The molecule has 0 saturated carbocycles. The van der Waals surface area contributed by atoms with Crippen molar-refractivity contribution < 1.29 is 18.6 Å². The SMILES string of the molecule is O=C(COc1ccc2c(c1)N(c1nc(-c3ccc(Cl)s3)nc3c1CS(O)(O)C3)CC2)N1CCC1. The Labute approximate surface area is 207 Å². The topological polar surface area (TPSA) is 99.0 Å². The highest BCUT2D eigenvalue weighted by Gasteiger charge is 2.35. The van der Waals surface area contributed by atoms with Crippen molar-refractivity contribution in [1.29, 1.82) is 0 Å². The van der Waals surface area contributed by atoms with Gasteiger partial charge >= 0.3 is 0 Å². The molecule has 8 nitrogen and oxygen atoms in total. The van der Waals surface area contributed by atoms with Gasteiger partial charge in [0.25, 0.3) is 5.91 Å². The molecule has 3 aliphatic heterocycles. The summed E-state index contributed by atoms with van der Waals surface area (Å²) < 4.78 is 27.4. The van der Waals surface area contributed by atoms with Gasteiger partial charge in [-0.1, -0.05) is 17.7 Å². The van der Waals surface area contributed by atoms with Gasteiger partial charge in [-0.25, -0.2) is 9.97 Å². The molecule has 1 amide bonds. The fourth-order valence-corrected chi connectivity index (χ4v) is 7.04. The van der Waals surface area contributed by atoms with Crippen LogP contribution in [0.5, 0.6) is 5.75 Å². The summed E-state index contributed by atoms with van der Waals surface area (Å²) in [7, 11) is -2.78. The van der Waals surface area contributed by atoms with Crippen LogP contribution in [0.4, 0.5) is 11.5 Å². The first-order valence-electron chi connectivity index (χ1n) is 11.1. The fraction of sp³-hybridized carbons (Fsp3) is 0.348. The Morgan fingerprint density at radius 1 is 1.15 bits per heavy atom. The molecule has 178 valence electrons. The van der Waals surface area contributed by atoms with Gasteiger partial charge in [-0.15, -0.1) is 11.3 Å². The quantitative estimate of drug-likeness (QED) is 0.494. The highest BCUT2D eigenvalue weighted by Crippen LogP contribution is 2.55. The van der Waals surface area contributed by atoms with E-state index in [1.165, 1.54) is 11.3 Å². The van der Waals surface area contributed by atoms with Crippen LogP contribution in [0, 0.1) is 0 Å². The maximum atomic E-state index is 12.2. The van der Waals surface area contributed by atoms with Crippen molar-refractivity contribution in [3.63, 3.8) is 0 Å². The zero-order valence-corrected chi connectivity index (χ0v) is 20.6. The number of benzene rings is 1. The molecule has 5 heterocycles. The van der Waals surface area contributed by atoms with Gasteiger partial charge < -0.3 is 14.5 Å². The third-order valence-electron chi connectivity index (χ3n) is 6.39. The first-order chi connectivity index (χ1) is 16.4. The van der Waals surface area contributed by atoms with Gasteiger partial charge in [0, 0.05) is 37.0 Å². The van der Waals surface area contributed by atoms with Crippen molar-refractivity contribution in [1.82, 2.24) is 14.9 Å². The van der Waals surface area contributed by atoms with E-state index >= 15 is 0 Å². The van der Waals surface area contributed by atoms with Crippen molar-refractivity contribution in [3.05, 3.63) is 51.5 Å². The summed E-state index contributed by atoms with van der Waals surface area (Å²) in [6, 6.07) is 9.54. The van der Waals surface area contributed by atoms with E-state index in [9.17, 15) is 13.9 Å². The molecular formula is C23H23ClN4O4S2.